The van der Waals surface area contributed by atoms with Gasteiger partial charge < -0.3 is 20.1 Å². The third-order valence-electron chi connectivity index (χ3n) is 4.15. The quantitative estimate of drug-likeness (QED) is 0.235. The summed E-state index contributed by atoms with van der Waals surface area (Å²) in [4.78, 5) is 8.93. The van der Waals surface area contributed by atoms with Crippen LogP contribution in [0.25, 0.3) is 10.8 Å². The zero-order valence-electron chi connectivity index (χ0n) is 16.1. The van der Waals surface area contributed by atoms with Gasteiger partial charge in [-0.2, -0.15) is 16.8 Å². The van der Waals surface area contributed by atoms with E-state index >= 15 is 0 Å². The van der Waals surface area contributed by atoms with Crippen molar-refractivity contribution in [2.24, 2.45) is 10.2 Å². The van der Waals surface area contributed by atoms with E-state index in [4.69, 9.17) is 9.84 Å². The highest BCUT2D eigenvalue weighted by Crippen LogP contribution is 2.45. The summed E-state index contributed by atoms with van der Waals surface area (Å²) >= 11 is 0. The number of hydrogen-bond acceptors (Lipinski definition) is 10. The van der Waals surface area contributed by atoms with Gasteiger partial charge in [-0.15, -0.1) is 10.2 Å². The van der Waals surface area contributed by atoms with Crippen LogP contribution in [0.1, 0.15) is 0 Å². The smallest absolute Gasteiger partial charge is 0.341 e. The molecule has 0 heterocycles. The zero-order valence-corrected chi connectivity index (χ0v) is 17.8. The summed E-state index contributed by atoms with van der Waals surface area (Å²) in [6.45, 7) is -0.714. The second-order valence-electron chi connectivity index (χ2n) is 6.41. The van der Waals surface area contributed by atoms with E-state index in [1.54, 1.807) is 0 Å². The fraction of sp³-hybridized carbons (Fsp3) is 0.0556. The van der Waals surface area contributed by atoms with E-state index in [2.05, 4.69) is 10.2 Å². The van der Waals surface area contributed by atoms with Crippen LogP contribution in [0.5, 0.6) is 17.2 Å². The number of rotatable bonds is 7. The maximum Gasteiger partial charge on any atom is 0.341 e. The highest BCUT2D eigenvalue weighted by atomic mass is 32.2. The Balaban J connectivity index is 2.24. The molecule has 0 saturated carbocycles. The molecular formula is C18H14N2O11S2. The first kappa shape index (κ1) is 23.9. The van der Waals surface area contributed by atoms with E-state index in [1.807, 2.05) is 0 Å². The summed E-state index contributed by atoms with van der Waals surface area (Å²) < 4.78 is 70.4. The second kappa shape index (κ2) is 8.62. The first-order valence-corrected chi connectivity index (χ1v) is 11.5. The number of aromatic hydroxyl groups is 2. The van der Waals surface area contributed by atoms with Gasteiger partial charge in [0.15, 0.2) is 12.4 Å². The number of azo groups is 1. The van der Waals surface area contributed by atoms with Gasteiger partial charge in [0.25, 0.3) is 20.2 Å². The van der Waals surface area contributed by atoms with E-state index < -0.39 is 65.2 Å². The molecule has 0 unspecified atom stereocenters. The van der Waals surface area contributed by atoms with Gasteiger partial charge in [0.05, 0.1) is 10.3 Å². The average molecular weight is 498 g/mol. The monoisotopic (exact) mass is 498 g/mol. The standard InChI is InChI=1S/C18H14N2O11S2/c21-12-7-10(32(25,26)27)5-9-6-14(33(28,29)30)17(18(24)16(9)12)20-19-11-3-1-2-4-13(11)31-8-15(22)23/h1-7,21,24H,8H2,(H,22,23)(H,25,26,27)(H,28,29,30). The molecule has 0 amide bonds. The van der Waals surface area contributed by atoms with Gasteiger partial charge >= 0.3 is 5.97 Å². The highest BCUT2D eigenvalue weighted by molar-refractivity contribution is 7.86. The van der Waals surface area contributed by atoms with Crippen LogP contribution in [0.2, 0.25) is 0 Å². The minimum Gasteiger partial charge on any atom is -0.507 e. The first-order chi connectivity index (χ1) is 15.3. The number of para-hydroxylation sites is 1. The Morgan fingerprint density at radius 1 is 0.939 bits per heavy atom. The molecule has 15 heteroatoms. The predicted octanol–water partition coefficient (Wildman–Crippen LogP) is 2.62. The van der Waals surface area contributed by atoms with Crippen molar-refractivity contribution < 1.29 is 50.8 Å². The SMILES string of the molecule is O=C(O)COc1ccccc1N=Nc1c(S(=O)(=O)O)cc2cc(S(=O)(=O)O)cc(O)c2c1O. The summed E-state index contributed by atoms with van der Waals surface area (Å²) in [5.74, 6) is -3.14. The number of fused-ring (bicyclic) bond motifs is 1. The van der Waals surface area contributed by atoms with Crippen LogP contribution < -0.4 is 4.74 Å². The minimum absolute atomic E-state index is 0.0435. The number of benzene rings is 3. The van der Waals surface area contributed by atoms with Gasteiger partial charge in [-0.1, -0.05) is 12.1 Å². The molecule has 5 N–H and O–H groups in total. The molecule has 0 aliphatic carbocycles. The molecule has 0 radical (unpaired) electrons. The number of ether oxygens (including phenoxy) is 1. The predicted molar refractivity (Wildman–Crippen MR) is 111 cm³/mol. The number of carboxylic acids is 1. The van der Waals surface area contributed by atoms with E-state index in [1.165, 1.54) is 24.3 Å². The van der Waals surface area contributed by atoms with Crippen LogP contribution in [0, 0.1) is 0 Å². The fourth-order valence-corrected chi connectivity index (χ4v) is 3.98. The molecular weight excluding hydrogens is 484 g/mol. The normalized spacial score (nSPS) is 12.3. The summed E-state index contributed by atoms with van der Waals surface area (Å²) in [7, 11) is -9.86. The number of carbonyl (C=O) groups is 1. The Bertz CT molecular complexity index is 1510. The van der Waals surface area contributed by atoms with Crippen molar-refractivity contribution in [1.82, 2.24) is 0 Å². The zero-order chi connectivity index (χ0) is 24.6. The van der Waals surface area contributed by atoms with Crippen molar-refractivity contribution >= 4 is 48.4 Å². The molecule has 0 aliphatic heterocycles. The number of phenolic OH excluding ortho intramolecular Hbond substituents is 2. The lowest BCUT2D eigenvalue weighted by atomic mass is 10.1. The first-order valence-electron chi connectivity index (χ1n) is 8.62. The van der Waals surface area contributed by atoms with Crippen LogP contribution in [0.15, 0.2) is 62.5 Å². The second-order valence-corrected chi connectivity index (χ2v) is 9.22. The number of hydrogen-bond donors (Lipinski definition) is 5. The molecule has 0 fully saturated rings. The molecule has 0 saturated heterocycles. The van der Waals surface area contributed by atoms with Crippen molar-refractivity contribution in [3.63, 3.8) is 0 Å². The lowest BCUT2D eigenvalue weighted by Gasteiger charge is -2.11. The van der Waals surface area contributed by atoms with Crippen molar-refractivity contribution in [2.45, 2.75) is 9.79 Å². The van der Waals surface area contributed by atoms with E-state index in [9.17, 15) is 40.9 Å². The lowest BCUT2D eigenvalue weighted by Crippen LogP contribution is -2.09. The molecule has 0 bridgehead atoms. The largest absolute Gasteiger partial charge is 0.507 e. The molecule has 174 valence electrons. The topological polar surface area (TPSA) is 220 Å². The molecule has 13 nitrogen and oxygen atoms in total. The van der Waals surface area contributed by atoms with Crippen molar-refractivity contribution in [3.8, 4) is 17.2 Å². The fourth-order valence-electron chi connectivity index (χ4n) is 2.79. The van der Waals surface area contributed by atoms with Crippen LogP contribution in [0.4, 0.5) is 11.4 Å². The van der Waals surface area contributed by atoms with E-state index in [-0.39, 0.29) is 16.8 Å². The maximum absolute atomic E-state index is 11.9. The summed E-state index contributed by atoms with van der Waals surface area (Å²) in [6.07, 6.45) is 0. The molecule has 3 aromatic carbocycles. The lowest BCUT2D eigenvalue weighted by molar-refractivity contribution is -0.139. The minimum atomic E-state index is -5.06. The summed E-state index contributed by atoms with van der Waals surface area (Å²) in [5, 5.41) is 36.1. The third kappa shape index (κ3) is 5.17. The Morgan fingerprint density at radius 3 is 2.21 bits per heavy atom. The van der Waals surface area contributed by atoms with Crippen LogP contribution in [-0.2, 0) is 25.0 Å². The Hall–Kier alpha value is -3.79. The molecule has 0 atom stereocenters. The number of carboxylic acid groups (broad SMARTS) is 1. The van der Waals surface area contributed by atoms with Crippen molar-refractivity contribution in [1.29, 1.82) is 0 Å². The van der Waals surface area contributed by atoms with Crippen LogP contribution in [-0.4, -0.2) is 53.8 Å². The van der Waals surface area contributed by atoms with Gasteiger partial charge in [-0.25, -0.2) is 4.79 Å². The Morgan fingerprint density at radius 2 is 1.61 bits per heavy atom. The number of phenols is 2. The Labute approximate surface area is 185 Å². The van der Waals surface area contributed by atoms with Gasteiger partial charge in [0.1, 0.15) is 27.8 Å². The molecule has 3 aromatic rings. The Kier molecular flexibility index (Phi) is 6.24. The highest BCUT2D eigenvalue weighted by Gasteiger charge is 2.25. The molecule has 33 heavy (non-hydrogen) atoms. The van der Waals surface area contributed by atoms with Crippen LogP contribution >= 0.6 is 0 Å². The third-order valence-corrected chi connectivity index (χ3v) is 5.85. The van der Waals surface area contributed by atoms with Crippen LogP contribution in [0.3, 0.4) is 0 Å². The summed E-state index contributed by atoms with van der Waals surface area (Å²) in [5.41, 5.74) is -0.876. The van der Waals surface area contributed by atoms with Gasteiger partial charge in [0.2, 0.25) is 0 Å². The van der Waals surface area contributed by atoms with E-state index in [0.29, 0.717) is 12.1 Å². The molecule has 0 aliphatic rings. The molecule has 3 rings (SSSR count). The number of nitrogens with zero attached hydrogens (tertiary/aromatic N) is 2. The molecule has 0 spiro atoms. The van der Waals surface area contributed by atoms with E-state index in [0.717, 1.165) is 6.07 Å². The molecule has 0 aromatic heterocycles. The summed E-state index contributed by atoms with van der Waals surface area (Å²) in [6, 6.07) is 7.74. The van der Waals surface area contributed by atoms with Gasteiger partial charge in [-0.05, 0) is 29.7 Å². The van der Waals surface area contributed by atoms with Gasteiger partial charge in [-0.3, -0.25) is 9.11 Å². The maximum atomic E-state index is 11.9. The number of aliphatic carboxylic acids is 1. The van der Waals surface area contributed by atoms with Crippen molar-refractivity contribution in [2.75, 3.05) is 6.61 Å². The van der Waals surface area contributed by atoms with Gasteiger partial charge in [0, 0.05) is 6.07 Å². The average Bonchev–Trinajstić information content (AvgIpc) is 2.70. The van der Waals surface area contributed by atoms with Crippen molar-refractivity contribution in [3.05, 3.63) is 42.5 Å².